The molecule has 1 saturated heterocycles. The van der Waals surface area contributed by atoms with Gasteiger partial charge in [0.15, 0.2) is 0 Å². The molecule has 2 unspecified atom stereocenters. The highest BCUT2D eigenvalue weighted by atomic mass is 16.4. The van der Waals surface area contributed by atoms with Crippen molar-refractivity contribution in [1.82, 2.24) is 4.90 Å². The van der Waals surface area contributed by atoms with Crippen molar-refractivity contribution in [3.8, 4) is 0 Å². The van der Waals surface area contributed by atoms with Crippen molar-refractivity contribution >= 4 is 5.97 Å². The fraction of sp³-hybridized carbons (Fsp3) is 0.929. The summed E-state index contributed by atoms with van der Waals surface area (Å²) < 4.78 is 0. The Kier molecular flexibility index (Phi) is 5.96. The van der Waals surface area contributed by atoms with Crippen molar-refractivity contribution in [3.05, 3.63) is 0 Å². The van der Waals surface area contributed by atoms with Crippen molar-refractivity contribution < 1.29 is 9.90 Å². The topological polar surface area (TPSA) is 40.5 Å². The fourth-order valence-corrected chi connectivity index (χ4v) is 2.72. The molecular weight excluding hydrogens is 214 g/mol. The summed E-state index contributed by atoms with van der Waals surface area (Å²) in [5, 5.41) is 8.99. The number of aliphatic carboxylic acids is 1. The molecule has 0 radical (unpaired) electrons. The zero-order chi connectivity index (χ0) is 12.8. The monoisotopic (exact) mass is 241 g/mol. The number of nitrogens with zero attached hydrogens (tertiary/aromatic N) is 1. The third kappa shape index (κ3) is 4.30. The second-order valence-corrected chi connectivity index (χ2v) is 5.46. The molecule has 1 aliphatic rings. The molecule has 100 valence electrons. The van der Waals surface area contributed by atoms with Crippen LogP contribution < -0.4 is 0 Å². The minimum atomic E-state index is -0.611. The van der Waals surface area contributed by atoms with E-state index in [1.165, 1.54) is 19.3 Å². The number of carboxylic acid groups (broad SMARTS) is 1. The lowest BCUT2D eigenvalue weighted by molar-refractivity contribution is -0.143. The molecule has 17 heavy (non-hydrogen) atoms. The SMILES string of the molecule is CCC(C)CC(CC)N1CCC(C(=O)O)CC1. The van der Waals surface area contributed by atoms with Gasteiger partial charge in [0.2, 0.25) is 0 Å². The number of carboxylic acids is 1. The molecule has 1 rings (SSSR count). The summed E-state index contributed by atoms with van der Waals surface area (Å²) in [5.74, 6) is 0.0594. The summed E-state index contributed by atoms with van der Waals surface area (Å²) in [7, 11) is 0. The van der Waals surface area contributed by atoms with E-state index in [4.69, 9.17) is 5.11 Å². The van der Waals surface area contributed by atoms with Gasteiger partial charge in [-0.1, -0.05) is 27.2 Å². The van der Waals surface area contributed by atoms with E-state index >= 15 is 0 Å². The average molecular weight is 241 g/mol. The molecule has 0 spiro atoms. The Morgan fingerprint density at radius 3 is 2.29 bits per heavy atom. The second-order valence-electron chi connectivity index (χ2n) is 5.46. The van der Waals surface area contributed by atoms with E-state index in [1.807, 2.05) is 0 Å². The van der Waals surface area contributed by atoms with Crippen LogP contribution in [-0.2, 0) is 4.79 Å². The summed E-state index contributed by atoms with van der Waals surface area (Å²) in [6, 6.07) is 0.652. The van der Waals surface area contributed by atoms with Gasteiger partial charge in [-0.2, -0.15) is 0 Å². The zero-order valence-corrected chi connectivity index (χ0v) is 11.5. The number of rotatable bonds is 6. The van der Waals surface area contributed by atoms with Crippen molar-refractivity contribution in [2.75, 3.05) is 13.1 Å². The van der Waals surface area contributed by atoms with Gasteiger partial charge in [-0.3, -0.25) is 4.79 Å². The second kappa shape index (κ2) is 7.00. The van der Waals surface area contributed by atoms with Gasteiger partial charge >= 0.3 is 5.97 Å². The van der Waals surface area contributed by atoms with Gasteiger partial charge in [0.25, 0.3) is 0 Å². The summed E-state index contributed by atoms with van der Waals surface area (Å²) in [5.41, 5.74) is 0. The first kappa shape index (κ1) is 14.5. The van der Waals surface area contributed by atoms with Gasteiger partial charge in [0, 0.05) is 6.04 Å². The molecule has 0 aromatic rings. The molecule has 1 aliphatic heterocycles. The van der Waals surface area contributed by atoms with Crippen LogP contribution in [0.2, 0.25) is 0 Å². The Hall–Kier alpha value is -0.570. The van der Waals surface area contributed by atoms with Crippen LogP contribution in [-0.4, -0.2) is 35.1 Å². The summed E-state index contributed by atoms with van der Waals surface area (Å²) >= 11 is 0. The standard InChI is InChI=1S/C14H27NO2/c1-4-11(3)10-13(5-2)15-8-6-12(7-9-15)14(16)17/h11-13H,4-10H2,1-3H3,(H,16,17). The first-order valence-electron chi connectivity index (χ1n) is 7.05. The number of piperidine rings is 1. The molecule has 0 aliphatic carbocycles. The van der Waals surface area contributed by atoms with E-state index in [0.717, 1.165) is 31.8 Å². The largest absolute Gasteiger partial charge is 0.481 e. The summed E-state index contributed by atoms with van der Waals surface area (Å²) in [4.78, 5) is 13.4. The highest BCUT2D eigenvalue weighted by Crippen LogP contribution is 2.24. The molecule has 3 nitrogen and oxygen atoms in total. The third-order valence-corrected chi connectivity index (χ3v) is 4.24. The third-order valence-electron chi connectivity index (χ3n) is 4.24. The Morgan fingerprint density at radius 2 is 1.88 bits per heavy atom. The van der Waals surface area contributed by atoms with Crippen molar-refractivity contribution in [2.45, 2.75) is 58.9 Å². The van der Waals surface area contributed by atoms with E-state index in [0.29, 0.717) is 6.04 Å². The van der Waals surface area contributed by atoms with Gasteiger partial charge in [-0.15, -0.1) is 0 Å². The molecule has 0 aromatic heterocycles. The van der Waals surface area contributed by atoms with Crippen LogP contribution in [0.3, 0.4) is 0 Å². The van der Waals surface area contributed by atoms with E-state index in [-0.39, 0.29) is 5.92 Å². The maximum Gasteiger partial charge on any atom is 0.306 e. The summed E-state index contributed by atoms with van der Waals surface area (Å²) in [6.07, 6.45) is 5.33. The van der Waals surface area contributed by atoms with E-state index < -0.39 is 5.97 Å². The molecule has 0 amide bonds. The van der Waals surface area contributed by atoms with E-state index in [9.17, 15) is 4.79 Å². The lowest BCUT2D eigenvalue weighted by Crippen LogP contribution is -2.43. The molecule has 3 heteroatoms. The lowest BCUT2D eigenvalue weighted by Gasteiger charge is -2.37. The Bertz CT molecular complexity index is 234. The molecule has 1 heterocycles. The Morgan fingerprint density at radius 1 is 1.29 bits per heavy atom. The van der Waals surface area contributed by atoms with Crippen molar-refractivity contribution in [2.24, 2.45) is 11.8 Å². The van der Waals surface area contributed by atoms with Crippen LogP contribution in [0.5, 0.6) is 0 Å². The van der Waals surface area contributed by atoms with Gasteiger partial charge < -0.3 is 10.0 Å². The van der Waals surface area contributed by atoms with Gasteiger partial charge in [-0.25, -0.2) is 0 Å². The number of likely N-dealkylation sites (tertiary alicyclic amines) is 1. The normalized spacial score (nSPS) is 22.3. The first-order valence-corrected chi connectivity index (χ1v) is 7.05. The Labute approximate surface area is 105 Å². The number of hydrogen-bond donors (Lipinski definition) is 1. The fourth-order valence-electron chi connectivity index (χ4n) is 2.72. The van der Waals surface area contributed by atoms with E-state index in [1.54, 1.807) is 0 Å². The smallest absolute Gasteiger partial charge is 0.306 e. The zero-order valence-electron chi connectivity index (χ0n) is 11.5. The van der Waals surface area contributed by atoms with Gasteiger partial charge in [0.1, 0.15) is 0 Å². The average Bonchev–Trinajstić information content (AvgIpc) is 2.35. The molecule has 0 aromatic carbocycles. The highest BCUT2D eigenvalue weighted by Gasteiger charge is 2.28. The molecular formula is C14H27NO2. The maximum absolute atomic E-state index is 10.9. The summed E-state index contributed by atoms with van der Waals surface area (Å²) in [6.45, 7) is 8.73. The van der Waals surface area contributed by atoms with Gasteiger partial charge in [-0.05, 0) is 44.7 Å². The minimum absolute atomic E-state index is 0.104. The molecule has 1 N–H and O–H groups in total. The van der Waals surface area contributed by atoms with Crippen LogP contribution in [0, 0.1) is 11.8 Å². The van der Waals surface area contributed by atoms with Crippen molar-refractivity contribution in [3.63, 3.8) is 0 Å². The van der Waals surface area contributed by atoms with Crippen LogP contribution in [0.25, 0.3) is 0 Å². The minimum Gasteiger partial charge on any atom is -0.481 e. The highest BCUT2D eigenvalue weighted by molar-refractivity contribution is 5.70. The Balaban J connectivity index is 2.42. The molecule has 1 fully saturated rings. The van der Waals surface area contributed by atoms with Crippen LogP contribution in [0.1, 0.15) is 52.9 Å². The molecule has 2 atom stereocenters. The quantitative estimate of drug-likeness (QED) is 0.777. The van der Waals surface area contributed by atoms with Crippen LogP contribution in [0.15, 0.2) is 0 Å². The van der Waals surface area contributed by atoms with Crippen LogP contribution >= 0.6 is 0 Å². The van der Waals surface area contributed by atoms with Crippen molar-refractivity contribution in [1.29, 1.82) is 0 Å². The predicted molar refractivity (Wildman–Crippen MR) is 70.1 cm³/mol. The molecule has 0 saturated carbocycles. The number of carbonyl (C=O) groups is 1. The van der Waals surface area contributed by atoms with Gasteiger partial charge in [0.05, 0.1) is 5.92 Å². The first-order chi connectivity index (χ1) is 8.08. The van der Waals surface area contributed by atoms with E-state index in [2.05, 4.69) is 25.7 Å². The van der Waals surface area contributed by atoms with Crippen LogP contribution in [0.4, 0.5) is 0 Å². The predicted octanol–water partition coefficient (Wildman–Crippen LogP) is 3.00. The number of hydrogen-bond acceptors (Lipinski definition) is 2. The lowest BCUT2D eigenvalue weighted by atomic mass is 9.92. The maximum atomic E-state index is 10.9. The molecule has 0 bridgehead atoms.